The van der Waals surface area contributed by atoms with E-state index in [1.807, 2.05) is 0 Å². The number of aromatic nitrogens is 2. The van der Waals surface area contributed by atoms with Crippen molar-refractivity contribution >= 4 is 11.6 Å². The zero-order valence-electron chi connectivity index (χ0n) is 10.3. The van der Waals surface area contributed by atoms with Gasteiger partial charge in [0.25, 0.3) is 0 Å². The summed E-state index contributed by atoms with van der Waals surface area (Å²) in [5.41, 5.74) is 6.90. The van der Waals surface area contributed by atoms with Crippen molar-refractivity contribution < 1.29 is 0 Å². The van der Waals surface area contributed by atoms with Crippen LogP contribution in [0.5, 0.6) is 0 Å². The van der Waals surface area contributed by atoms with E-state index in [-0.39, 0.29) is 0 Å². The van der Waals surface area contributed by atoms with Crippen LogP contribution in [0.4, 0.5) is 11.6 Å². The third-order valence-electron chi connectivity index (χ3n) is 2.55. The Balaban J connectivity index is 2.59. The Hall–Kier alpha value is -1.32. The second-order valence-corrected chi connectivity index (χ2v) is 3.97. The second kappa shape index (κ2) is 7.04. The third kappa shape index (κ3) is 3.68. The maximum absolute atomic E-state index is 5.85. The van der Waals surface area contributed by atoms with Crippen molar-refractivity contribution in [2.45, 2.75) is 46.0 Å². The molecule has 90 valence electrons. The van der Waals surface area contributed by atoms with Crippen LogP contribution in [0.2, 0.25) is 0 Å². The molecule has 0 atom stereocenters. The molecule has 0 aliphatic heterocycles. The molecular weight excluding hydrogens is 200 g/mol. The summed E-state index contributed by atoms with van der Waals surface area (Å²) in [5, 5.41) is 3.34. The van der Waals surface area contributed by atoms with Crippen LogP contribution in [0, 0.1) is 0 Å². The van der Waals surface area contributed by atoms with E-state index in [0.717, 1.165) is 30.8 Å². The predicted molar refractivity (Wildman–Crippen MR) is 68.5 cm³/mol. The highest BCUT2D eigenvalue weighted by atomic mass is 15.0. The van der Waals surface area contributed by atoms with Crippen LogP contribution in [0.15, 0.2) is 6.33 Å². The van der Waals surface area contributed by atoms with Gasteiger partial charge in [0.2, 0.25) is 0 Å². The Labute approximate surface area is 97.7 Å². The first-order valence-corrected chi connectivity index (χ1v) is 6.12. The first-order valence-electron chi connectivity index (χ1n) is 6.12. The molecular formula is C12H22N4. The van der Waals surface area contributed by atoms with E-state index in [0.29, 0.717) is 5.82 Å². The van der Waals surface area contributed by atoms with Gasteiger partial charge in [-0.3, -0.25) is 0 Å². The molecule has 0 amide bonds. The van der Waals surface area contributed by atoms with Crippen LogP contribution in [-0.4, -0.2) is 16.5 Å². The summed E-state index contributed by atoms with van der Waals surface area (Å²) in [4.78, 5) is 8.28. The van der Waals surface area contributed by atoms with E-state index in [9.17, 15) is 0 Å². The Bertz CT molecular complexity index is 312. The molecule has 3 N–H and O–H groups in total. The maximum Gasteiger partial charge on any atom is 0.134 e. The lowest BCUT2D eigenvalue weighted by Crippen LogP contribution is -2.09. The average Bonchev–Trinajstić information content (AvgIpc) is 2.29. The van der Waals surface area contributed by atoms with Gasteiger partial charge in [0.15, 0.2) is 0 Å². The molecule has 0 aromatic carbocycles. The Morgan fingerprint density at radius 3 is 2.69 bits per heavy atom. The summed E-state index contributed by atoms with van der Waals surface area (Å²) in [5.74, 6) is 1.51. The summed E-state index contributed by atoms with van der Waals surface area (Å²) < 4.78 is 0. The van der Waals surface area contributed by atoms with Gasteiger partial charge < -0.3 is 11.1 Å². The van der Waals surface area contributed by atoms with Gasteiger partial charge in [-0.25, -0.2) is 9.97 Å². The molecule has 1 aromatic rings. The Morgan fingerprint density at radius 2 is 2.00 bits per heavy atom. The van der Waals surface area contributed by atoms with Crippen molar-refractivity contribution in [1.82, 2.24) is 9.97 Å². The molecule has 0 aliphatic rings. The average molecular weight is 222 g/mol. The van der Waals surface area contributed by atoms with Gasteiger partial charge >= 0.3 is 0 Å². The van der Waals surface area contributed by atoms with E-state index in [1.54, 1.807) is 0 Å². The second-order valence-electron chi connectivity index (χ2n) is 3.97. The Kier molecular flexibility index (Phi) is 5.61. The van der Waals surface area contributed by atoms with Gasteiger partial charge in [-0.05, 0) is 12.8 Å². The molecule has 0 spiro atoms. The molecule has 1 heterocycles. The molecule has 4 heteroatoms. The molecule has 16 heavy (non-hydrogen) atoms. The molecule has 1 rings (SSSR count). The van der Waals surface area contributed by atoms with Gasteiger partial charge in [0, 0.05) is 12.1 Å². The Morgan fingerprint density at radius 1 is 1.19 bits per heavy atom. The normalized spacial score (nSPS) is 10.4. The quantitative estimate of drug-likeness (QED) is 0.696. The number of hydrogen-bond donors (Lipinski definition) is 2. The number of nitrogens with two attached hydrogens (primary N) is 1. The fourth-order valence-electron chi connectivity index (χ4n) is 1.66. The van der Waals surface area contributed by atoms with Crippen LogP contribution in [0.1, 0.15) is 45.1 Å². The van der Waals surface area contributed by atoms with E-state index >= 15 is 0 Å². The summed E-state index contributed by atoms with van der Waals surface area (Å²) in [6.45, 7) is 5.29. The monoisotopic (exact) mass is 222 g/mol. The first kappa shape index (κ1) is 12.7. The van der Waals surface area contributed by atoms with Gasteiger partial charge in [-0.15, -0.1) is 0 Å². The smallest absolute Gasteiger partial charge is 0.134 e. The number of rotatable bonds is 7. The minimum absolute atomic E-state index is 0.606. The van der Waals surface area contributed by atoms with Gasteiger partial charge in [0.05, 0.1) is 0 Å². The van der Waals surface area contributed by atoms with Gasteiger partial charge in [-0.2, -0.15) is 0 Å². The lowest BCUT2D eigenvalue weighted by Gasteiger charge is -2.11. The summed E-state index contributed by atoms with van der Waals surface area (Å²) >= 11 is 0. The van der Waals surface area contributed by atoms with E-state index in [4.69, 9.17) is 5.73 Å². The zero-order chi connectivity index (χ0) is 11.8. The third-order valence-corrected chi connectivity index (χ3v) is 2.55. The molecule has 0 radical (unpaired) electrons. The largest absolute Gasteiger partial charge is 0.383 e. The van der Waals surface area contributed by atoms with Crippen LogP contribution in [0.25, 0.3) is 0 Å². The minimum Gasteiger partial charge on any atom is -0.383 e. The summed E-state index contributed by atoms with van der Waals surface area (Å²) in [6, 6.07) is 0. The molecule has 0 unspecified atom stereocenters. The number of nitrogen functional groups attached to an aromatic ring is 1. The number of nitrogens with zero attached hydrogens (tertiary/aromatic N) is 2. The van der Waals surface area contributed by atoms with E-state index < -0.39 is 0 Å². The summed E-state index contributed by atoms with van der Waals surface area (Å²) in [7, 11) is 0. The standard InChI is InChI=1S/C12H22N4/c1-3-5-6-8-14-12-10(7-4-2)11(13)15-9-16-12/h9H,3-8H2,1-2H3,(H3,13,14,15,16). The van der Waals surface area contributed by atoms with Crippen LogP contribution in [-0.2, 0) is 6.42 Å². The number of unbranched alkanes of at least 4 members (excludes halogenated alkanes) is 2. The fourth-order valence-corrected chi connectivity index (χ4v) is 1.66. The molecule has 0 aliphatic carbocycles. The van der Waals surface area contributed by atoms with Crippen LogP contribution in [0.3, 0.4) is 0 Å². The molecule has 1 aromatic heterocycles. The minimum atomic E-state index is 0.606. The van der Waals surface area contributed by atoms with Gasteiger partial charge in [-0.1, -0.05) is 33.1 Å². The number of anilines is 2. The van der Waals surface area contributed by atoms with Crippen LogP contribution < -0.4 is 11.1 Å². The topological polar surface area (TPSA) is 63.8 Å². The lowest BCUT2D eigenvalue weighted by molar-refractivity contribution is 0.741. The maximum atomic E-state index is 5.85. The van der Waals surface area contributed by atoms with Crippen molar-refractivity contribution in [2.75, 3.05) is 17.6 Å². The van der Waals surface area contributed by atoms with Gasteiger partial charge in [0.1, 0.15) is 18.0 Å². The highest BCUT2D eigenvalue weighted by molar-refractivity contribution is 5.54. The fraction of sp³-hybridized carbons (Fsp3) is 0.667. The predicted octanol–water partition coefficient (Wildman–Crippen LogP) is 2.61. The van der Waals surface area contributed by atoms with Crippen molar-refractivity contribution in [3.63, 3.8) is 0 Å². The van der Waals surface area contributed by atoms with Crippen molar-refractivity contribution in [3.8, 4) is 0 Å². The molecule has 0 fully saturated rings. The summed E-state index contributed by atoms with van der Waals surface area (Å²) in [6.07, 6.45) is 7.17. The van der Waals surface area contributed by atoms with Crippen molar-refractivity contribution in [2.24, 2.45) is 0 Å². The zero-order valence-corrected chi connectivity index (χ0v) is 10.3. The highest BCUT2D eigenvalue weighted by Gasteiger charge is 2.07. The molecule has 0 bridgehead atoms. The highest BCUT2D eigenvalue weighted by Crippen LogP contribution is 2.18. The molecule has 0 saturated carbocycles. The van der Waals surface area contributed by atoms with Crippen molar-refractivity contribution in [1.29, 1.82) is 0 Å². The number of hydrogen-bond acceptors (Lipinski definition) is 4. The van der Waals surface area contributed by atoms with Crippen molar-refractivity contribution in [3.05, 3.63) is 11.9 Å². The van der Waals surface area contributed by atoms with E-state index in [1.165, 1.54) is 25.6 Å². The SMILES string of the molecule is CCCCCNc1ncnc(N)c1CCC. The first-order chi connectivity index (χ1) is 7.79. The van der Waals surface area contributed by atoms with Crippen LogP contribution >= 0.6 is 0 Å². The van der Waals surface area contributed by atoms with E-state index in [2.05, 4.69) is 29.1 Å². The molecule has 4 nitrogen and oxygen atoms in total. The molecule has 0 saturated heterocycles. The lowest BCUT2D eigenvalue weighted by atomic mass is 10.1. The number of nitrogens with one attached hydrogen (secondary N) is 1.